The fourth-order valence-corrected chi connectivity index (χ4v) is 4.04. The molecule has 2 aromatic heterocycles. The molecule has 1 aliphatic heterocycles. The number of H-pyrrole nitrogens is 2. The van der Waals surface area contributed by atoms with Crippen LogP contribution in [-0.4, -0.2) is 63.9 Å². The Kier molecular flexibility index (Phi) is 6.90. The second-order valence-corrected chi connectivity index (χ2v) is 8.15. The van der Waals surface area contributed by atoms with Gasteiger partial charge in [0, 0.05) is 48.3 Å². The number of aromatic amines is 2. The number of esters is 1. The number of carbonyl (C=O) groups excluding carboxylic acids is 4. The summed E-state index contributed by atoms with van der Waals surface area (Å²) in [6, 6.07) is 4.97. The summed E-state index contributed by atoms with van der Waals surface area (Å²) >= 11 is 0. The van der Waals surface area contributed by atoms with Crippen molar-refractivity contribution in [3.05, 3.63) is 54.2 Å². The van der Waals surface area contributed by atoms with E-state index in [1.165, 1.54) is 13.4 Å². The molecule has 1 aromatic carbocycles. The molecule has 0 saturated carbocycles. The monoisotopic (exact) mass is 466 g/mol. The predicted octanol–water partition coefficient (Wildman–Crippen LogP) is 0.0974. The maximum absolute atomic E-state index is 13.2. The van der Waals surface area contributed by atoms with Gasteiger partial charge in [-0.25, -0.2) is 9.78 Å². The Morgan fingerprint density at radius 2 is 1.97 bits per heavy atom. The number of para-hydroxylation sites is 1. The second-order valence-electron chi connectivity index (χ2n) is 8.15. The summed E-state index contributed by atoms with van der Waals surface area (Å²) < 4.78 is 4.92. The molecule has 11 nitrogen and oxygen atoms in total. The number of hydrogen-bond donors (Lipinski definition) is 5. The summed E-state index contributed by atoms with van der Waals surface area (Å²) in [5, 5.41) is 8.95. The third-order valence-electron chi connectivity index (χ3n) is 5.82. The molecule has 0 bridgehead atoms. The van der Waals surface area contributed by atoms with E-state index in [0.29, 0.717) is 12.1 Å². The first kappa shape index (κ1) is 23.0. The molecule has 11 heteroatoms. The fourth-order valence-electron chi connectivity index (χ4n) is 4.04. The molecule has 3 amide bonds. The number of hydrogen-bond acceptors (Lipinski definition) is 6. The molecule has 5 N–H and O–H groups in total. The van der Waals surface area contributed by atoms with Gasteiger partial charge in [0.2, 0.25) is 17.7 Å². The summed E-state index contributed by atoms with van der Waals surface area (Å²) in [6.45, 7) is 0. The van der Waals surface area contributed by atoms with E-state index in [4.69, 9.17) is 4.74 Å². The molecule has 3 heterocycles. The van der Waals surface area contributed by atoms with Crippen molar-refractivity contribution in [1.29, 1.82) is 0 Å². The van der Waals surface area contributed by atoms with Crippen LogP contribution < -0.4 is 16.0 Å². The number of carbonyl (C=O) groups is 4. The third kappa shape index (κ3) is 5.25. The number of nitrogens with zero attached hydrogens (tertiary/aromatic N) is 1. The van der Waals surface area contributed by atoms with Crippen molar-refractivity contribution in [2.75, 3.05) is 7.11 Å². The Hall–Kier alpha value is -4.15. The van der Waals surface area contributed by atoms with Gasteiger partial charge in [-0.1, -0.05) is 18.2 Å². The summed E-state index contributed by atoms with van der Waals surface area (Å²) in [7, 11) is 1.25. The van der Waals surface area contributed by atoms with Crippen LogP contribution >= 0.6 is 0 Å². The Morgan fingerprint density at radius 1 is 1.15 bits per heavy atom. The SMILES string of the molecule is COC(=O)[C@H](Cc1c[nH]c2ccccc12)NC(=O)[C@H](Cc1cnc[nH]1)NC(=O)C1CCC(=O)N1. The molecule has 4 rings (SSSR count). The molecule has 3 aromatic rings. The number of aromatic nitrogens is 3. The average Bonchev–Trinajstić information content (AvgIpc) is 3.59. The molecule has 1 unspecified atom stereocenters. The molecule has 1 saturated heterocycles. The van der Waals surface area contributed by atoms with E-state index in [0.717, 1.165) is 16.5 Å². The third-order valence-corrected chi connectivity index (χ3v) is 5.82. The Balaban J connectivity index is 1.51. The number of benzene rings is 1. The van der Waals surface area contributed by atoms with Crippen LogP contribution in [0.5, 0.6) is 0 Å². The summed E-state index contributed by atoms with van der Waals surface area (Å²) in [4.78, 5) is 59.9. The highest BCUT2D eigenvalue weighted by Crippen LogP contribution is 2.19. The van der Waals surface area contributed by atoms with Gasteiger partial charge in [0.1, 0.15) is 18.1 Å². The smallest absolute Gasteiger partial charge is 0.328 e. The second kappa shape index (κ2) is 10.2. The number of rotatable bonds is 9. The Morgan fingerprint density at radius 3 is 2.68 bits per heavy atom. The van der Waals surface area contributed by atoms with Crippen LogP contribution in [0.25, 0.3) is 10.9 Å². The van der Waals surface area contributed by atoms with Crippen LogP contribution in [0.1, 0.15) is 24.1 Å². The van der Waals surface area contributed by atoms with Crippen molar-refractivity contribution in [3.8, 4) is 0 Å². The summed E-state index contributed by atoms with van der Waals surface area (Å²) in [5.41, 5.74) is 2.38. The highest BCUT2D eigenvalue weighted by Gasteiger charge is 2.32. The van der Waals surface area contributed by atoms with Crippen LogP contribution in [0.4, 0.5) is 0 Å². The molecule has 0 radical (unpaired) electrons. The predicted molar refractivity (Wildman–Crippen MR) is 121 cm³/mol. The zero-order valence-corrected chi connectivity index (χ0v) is 18.6. The van der Waals surface area contributed by atoms with E-state index in [2.05, 4.69) is 30.9 Å². The van der Waals surface area contributed by atoms with Gasteiger partial charge in [-0.15, -0.1) is 0 Å². The van der Waals surface area contributed by atoms with E-state index in [-0.39, 0.29) is 25.2 Å². The van der Waals surface area contributed by atoms with Gasteiger partial charge in [0.05, 0.1) is 13.4 Å². The highest BCUT2D eigenvalue weighted by molar-refractivity contribution is 5.95. The lowest BCUT2D eigenvalue weighted by Gasteiger charge is -2.23. The van der Waals surface area contributed by atoms with E-state index >= 15 is 0 Å². The van der Waals surface area contributed by atoms with Gasteiger partial charge < -0.3 is 30.7 Å². The molecular weight excluding hydrogens is 440 g/mol. The zero-order chi connectivity index (χ0) is 24.1. The summed E-state index contributed by atoms with van der Waals surface area (Å²) in [5.74, 6) is -1.83. The van der Waals surface area contributed by atoms with E-state index in [1.54, 1.807) is 12.4 Å². The highest BCUT2D eigenvalue weighted by atomic mass is 16.5. The lowest BCUT2D eigenvalue weighted by atomic mass is 10.0. The van der Waals surface area contributed by atoms with Crippen molar-refractivity contribution < 1.29 is 23.9 Å². The molecular formula is C23H26N6O5. The quantitative estimate of drug-likeness (QED) is 0.281. The number of amides is 3. The lowest BCUT2D eigenvalue weighted by molar-refractivity contribution is -0.145. The molecule has 34 heavy (non-hydrogen) atoms. The number of imidazole rings is 1. The molecule has 1 fully saturated rings. The van der Waals surface area contributed by atoms with Crippen LogP contribution in [-0.2, 0) is 36.8 Å². The van der Waals surface area contributed by atoms with Crippen LogP contribution in [0.15, 0.2) is 43.0 Å². The molecule has 0 aliphatic carbocycles. The average molecular weight is 466 g/mol. The van der Waals surface area contributed by atoms with Crippen molar-refractivity contribution in [1.82, 2.24) is 30.9 Å². The minimum atomic E-state index is -0.999. The van der Waals surface area contributed by atoms with Crippen molar-refractivity contribution in [3.63, 3.8) is 0 Å². The Bertz CT molecular complexity index is 1190. The van der Waals surface area contributed by atoms with E-state index in [9.17, 15) is 19.2 Å². The standard InChI is InChI=1S/C23H26N6O5/c1-34-23(33)19(8-13-10-25-16-5-3-2-4-15(13)16)29-22(32)18(9-14-11-24-12-26-14)28-21(31)17-6-7-20(30)27-17/h2-5,10-12,17-19,25H,6-9H2,1H3,(H,24,26)(H,27,30)(H,28,31)(H,29,32)/t17?,18-,19-/m0/s1. The van der Waals surface area contributed by atoms with Gasteiger partial charge in [0.25, 0.3) is 0 Å². The maximum atomic E-state index is 13.2. The van der Waals surface area contributed by atoms with Gasteiger partial charge in [-0.3, -0.25) is 14.4 Å². The van der Waals surface area contributed by atoms with Gasteiger partial charge in [-0.2, -0.15) is 0 Å². The van der Waals surface area contributed by atoms with Crippen molar-refractivity contribution in [2.24, 2.45) is 0 Å². The number of fused-ring (bicyclic) bond motifs is 1. The minimum Gasteiger partial charge on any atom is -0.467 e. The summed E-state index contributed by atoms with van der Waals surface area (Å²) in [6.07, 6.45) is 5.74. The first-order valence-corrected chi connectivity index (χ1v) is 10.9. The molecule has 178 valence electrons. The Labute approximate surface area is 195 Å². The van der Waals surface area contributed by atoms with Crippen LogP contribution in [0, 0.1) is 0 Å². The van der Waals surface area contributed by atoms with E-state index in [1.807, 2.05) is 24.3 Å². The number of ether oxygens (including phenoxy) is 1. The molecule has 3 atom stereocenters. The largest absolute Gasteiger partial charge is 0.467 e. The van der Waals surface area contributed by atoms with Crippen LogP contribution in [0.2, 0.25) is 0 Å². The maximum Gasteiger partial charge on any atom is 0.328 e. The van der Waals surface area contributed by atoms with E-state index < -0.39 is 35.9 Å². The minimum absolute atomic E-state index is 0.124. The molecule has 1 aliphatic rings. The molecule has 0 spiro atoms. The topological polar surface area (TPSA) is 158 Å². The zero-order valence-electron chi connectivity index (χ0n) is 18.6. The van der Waals surface area contributed by atoms with Gasteiger partial charge in [0.15, 0.2) is 0 Å². The van der Waals surface area contributed by atoms with Crippen LogP contribution in [0.3, 0.4) is 0 Å². The van der Waals surface area contributed by atoms with Gasteiger partial charge >= 0.3 is 5.97 Å². The van der Waals surface area contributed by atoms with Crippen molar-refractivity contribution in [2.45, 2.75) is 43.8 Å². The normalized spacial score (nSPS) is 17.1. The van der Waals surface area contributed by atoms with Gasteiger partial charge in [-0.05, 0) is 18.1 Å². The first-order chi connectivity index (χ1) is 16.4. The van der Waals surface area contributed by atoms with Crippen molar-refractivity contribution >= 4 is 34.6 Å². The number of methoxy groups -OCH3 is 1. The lowest BCUT2D eigenvalue weighted by Crippen LogP contribution is -2.55. The first-order valence-electron chi connectivity index (χ1n) is 10.9. The fraction of sp³-hybridized carbons (Fsp3) is 0.348. The number of nitrogens with one attached hydrogen (secondary N) is 5.